The number of carboxylic acids is 1. The van der Waals surface area contributed by atoms with Gasteiger partial charge in [0.15, 0.2) is 0 Å². The lowest BCUT2D eigenvalue weighted by Crippen LogP contribution is -2.71. The van der Waals surface area contributed by atoms with Gasteiger partial charge in [-0.25, -0.2) is 14.3 Å². The van der Waals surface area contributed by atoms with E-state index < -0.39 is 41.3 Å². The van der Waals surface area contributed by atoms with E-state index >= 15 is 0 Å². The highest BCUT2D eigenvalue weighted by atomic mass is 32.2. The SMILES string of the molecule is COc1ccc(COC(=O)NC(C(=O)N[C@H]2C(=O)N3C(C(=O)O)=C(CSc4nnnn4C)CSC23)c2cccs2)cc1. The van der Waals surface area contributed by atoms with E-state index in [4.69, 9.17) is 9.47 Å². The molecule has 2 aliphatic heterocycles. The third-order valence-electron chi connectivity index (χ3n) is 6.39. The Morgan fingerprint density at radius 3 is 2.67 bits per heavy atom. The van der Waals surface area contributed by atoms with Crippen LogP contribution >= 0.6 is 34.9 Å². The van der Waals surface area contributed by atoms with Crippen LogP contribution in [0.1, 0.15) is 16.5 Å². The fourth-order valence-electron chi connectivity index (χ4n) is 4.28. The molecule has 1 aromatic carbocycles. The largest absolute Gasteiger partial charge is 0.497 e. The number of aliphatic carboxylic acids is 1. The topological polar surface area (TPSA) is 178 Å². The fraction of sp³-hybridized carbons (Fsp3) is 0.320. The molecule has 4 heterocycles. The van der Waals surface area contributed by atoms with E-state index in [2.05, 4.69) is 26.2 Å². The molecule has 1 saturated heterocycles. The number of ether oxygens (including phenoxy) is 2. The molecule has 0 radical (unpaired) electrons. The lowest BCUT2D eigenvalue weighted by atomic mass is 10.0. The molecule has 2 aromatic heterocycles. The normalized spacial score (nSPS) is 18.5. The van der Waals surface area contributed by atoms with Gasteiger partial charge in [-0.2, -0.15) is 0 Å². The number of amides is 3. The van der Waals surface area contributed by atoms with Crippen molar-refractivity contribution in [3.8, 4) is 5.75 Å². The number of nitrogens with one attached hydrogen (secondary N) is 2. The highest BCUT2D eigenvalue weighted by molar-refractivity contribution is 8.01. The Balaban J connectivity index is 1.23. The number of thioether (sulfide) groups is 2. The Morgan fingerprint density at radius 1 is 1.24 bits per heavy atom. The van der Waals surface area contributed by atoms with Crippen LogP contribution in [0.5, 0.6) is 5.75 Å². The maximum Gasteiger partial charge on any atom is 0.408 e. The van der Waals surface area contributed by atoms with Gasteiger partial charge in [0, 0.05) is 23.4 Å². The molecular formula is C25H25N7O7S3. The second-order valence-electron chi connectivity index (χ2n) is 9.04. The van der Waals surface area contributed by atoms with Crippen LogP contribution in [0, 0.1) is 0 Å². The van der Waals surface area contributed by atoms with Crippen molar-refractivity contribution in [2.45, 2.75) is 29.2 Å². The van der Waals surface area contributed by atoms with Gasteiger partial charge in [0.25, 0.3) is 5.91 Å². The van der Waals surface area contributed by atoms with Crippen LogP contribution in [-0.2, 0) is 32.8 Å². The number of carboxylic acid groups (broad SMARTS) is 1. The van der Waals surface area contributed by atoms with Gasteiger partial charge in [0.1, 0.15) is 35.5 Å². The molecule has 2 unspecified atom stereocenters. The summed E-state index contributed by atoms with van der Waals surface area (Å²) in [5, 5.41) is 28.1. The number of methoxy groups -OCH3 is 1. The van der Waals surface area contributed by atoms with Crippen molar-refractivity contribution in [3.63, 3.8) is 0 Å². The third-order valence-corrected chi connectivity index (χ3v) is 9.76. The second kappa shape index (κ2) is 12.8. The van der Waals surface area contributed by atoms with Crippen molar-refractivity contribution in [2.24, 2.45) is 7.05 Å². The van der Waals surface area contributed by atoms with Gasteiger partial charge in [-0.3, -0.25) is 14.5 Å². The van der Waals surface area contributed by atoms with Crippen LogP contribution in [0.4, 0.5) is 4.79 Å². The summed E-state index contributed by atoms with van der Waals surface area (Å²) in [6, 6.07) is 8.32. The van der Waals surface area contributed by atoms with Crippen molar-refractivity contribution in [3.05, 3.63) is 63.5 Å². The number of benzene rings is 1. The van der Waals surface area contributed by atoms with Crippen LogP contribution in [0.15, 0.2) is 58.2 Å². The molecule has 17 heteroatoms. The van der Waals surface area contributed by atoms with Gasteiger partial charge in [0.05, 0.1) is 7.11 Å². The lowest BCUT2D eigenvalue weighted by molar-refractivity contribution is -0.151. The van der Waals surface area contributed by atoms with E-state index in [9.17, 15) is 24.3 Å². The zero-order valence-corrected chi connectivity index (χ0v) is 24.7. The number of fused-ring (bicyclic) bond motifs is 1. The number of hydrogen-bond donors (Lipinski definition) is 3. The minimum atomic E-state index is -1.23. The number of aryl methyl sites for hydroxylation is 1. The smallest absolute Gasteiger partial charge is 0.408 e. The summed E-state index contributed by atoms with van der Waals surface area (Å²) in [7, 11) is 3.22. The molecule has 14 nitrogen and oxygen atoms in total. The van der Waals surface area contributed by atoms with Gasteiger partial charge in [0.2, 0.25) is 11.1 Å². The van der Waals surface area contributed by atoms with Gasteiger partial charge >= 0.3 is 12.1 Å². The molecule has 0 spiro atoms. The van der Waals surface area contributed by atoms with Crippen LogP contribution < -0.4 is 15.4 Å². The van der Waals surface area contributed by atoms with Crippen LogP contribution in [0.2, 0.25) is 0 Å². The average Bonchev–Trinajstić information content (AvgIpc) is 3.68. The number of carbonyl (C=O) groups is 4. The first kappa shape index (κ1) is 29.4. The van der Waals surface area contributed by atoms with Gasteiger partial charge in [-0.1, -0.05) is 30.0 Å². The number of rotatable bonds is 11. The van der Waals surface area contributed by atoms with E-state index in [1.807, 2.05) is 0 Å². The first-order valence-corrected chi connectivity index (χ1v) is 15.3. The van der Waals surface area contributed by atoms with E-state index in [0.29, 0.717) is 27.1 Å². The molecular weight excluding hydrogens is 607 g/mol. The number of nitrogens with zero attached hydrogens (tertiary/aromatic N) is 5. The molecule has 3 N–H and O–H groups in total. The van der Waals surface area contributed by atoms with Crippen molar-refractivity contribution >= 4 is 58.7 Å². The Morgan fingerprint density at radius 2 is 2.02 bits per heavy atom. The minimum absolute atomic E-state index is 0.0263. The van der Waals surface area contributed by atoms with Gasteiger partial charge < -0.3 is 25.2 Å². The molecule has 3 atom stereocenters. The van der Waals surface area contributed by atoms with Crippen LogP contribution in [-0.4, -0.2) is 84.1 Å². The van der Waals surface area contributed by atoms with E-state index in [-0.39, 0.29) is 18.1 Å². The zero-order chi connectivity index (χ0) is 29.8. The quantitative estimate of drug-likeness (QED) is 0.207. The summed E-state index contributed by atoms with van der Waals surface area (Å²) >= 11 is 3.87. The maximum absolute atomic E-state index is 13.4. The first-order valence-electron chi connectivity index (χ1n) is 12.4. The predicted molar refractivity (Wildman–Crippen MR) is 153 cm³/mol. The van der Waals surface area contributed by atoms with Crippen molar-refractivity contribution in [2.75, 3.05) is 18.6 Å². The van der Waals surface area contributed by atoms with E-state index in [1.54, 1.807) is 55.9 Å². The number of aromatic nitrogens is 4. The molecule has 3 aromatic rings. The minimum Gasteiger partial charge on any atom is -0.497 e. The summed E-state index contributed by atoms with van der Waals surface area (Å²) in [5.41, 5.74) is 1.17. The Labute approximate surface area is 251 Å². The summed E-state index contributed by atoms with van der Waals surface area (Å²) in [5.74, 6) is -1.12. The molecule has 0 aliphatic carbocycles. The van der Waals surface area contributed by atoms with Crippen molar-refractivity contribution < 1.29 is 33.8 Å². The van der Waals surface area contributed by atoms with Crippen molar-refractivity contribution in [1.29, 1.82) is 0 Å². The molecule has 1 fully saturated rings. The number of carbonyl (C=O) groups excluding carboxylic acids is 3. The summed E-state index contributed by atoms with van der Waals surface area (Å²) in [6.45, 7) is -0.0263. The summed E-state index contributed by atoms with van der Waals surface area (Å²) in [4.78, 5) is 53.1. The second-order valence-corrected chi connectivity index (χ2v) is 12.1. The van der Waals surface area contributed by atoms with Gasteiger partial charge in [-0.15, -0.1) is 28.2 Å². The predicted octanol–water partition coefficient (Wildman–Crippen LogP) is 1.78. The fourth-order valence-corrected chi connectivity index (χ4v) is 7.39. The molecule has 0 bridgehead atoms. The van der Waals surface area contributed by atoms with Crippen molar-refractivity contribution in [1.82, 2.24) is 35.7 Å². The average molecular weight is 632 g/mol. The van der Waals surface area contributed by atoms with E-state index in [1.165, 1.54) is 44.4 Å². The first-order chi connectivity index (χ1) is 20.3. The molecule has 42 heavy (non-hydrogen) atoms. The van der Waals surface area contributed by atoms with Gasteiger partial charge in [-0.05, 0) is 45.1 Å². The maximum atomic E-state index is 13.4. The number of thiophene rings is 1. The summed E-state index contributed by atoms with van der Waals surface area (Å²) in [6.07, 6.45) is -0.815. The number of tetrazole rings is 1. The van der Waals surface area contributed by atoms with Crippen LogP contribution in [0.25, 0.3) is 0 Å². The van der Waals surface area contributed by atoms with Crippen LogP contribution in [0.3, 0.4) is 0 Å². The Hall–Kier alpha value is -4.09. The Bertz CT molecular complexity index is 1510. The van der Waals surface area contributed by atoms with E-state index in [0.717, 1.165) is 5.56 Å². The molecule has 2 aliphatic rings. The number of alkyl carbamates (subject to hydrolysis) is 1. The molecule has 5 rings (SSSR count). The Kier molecular flexibility index (Phi) is 8.98. The number of hydrogen-bond acceptors (Lipinski definition) is 12. The standard InChI is InChI=1S/C25H25N7O7S3/c1-31-24(28-29-30-31)42-12-14-11-41-22-18(21(34)32(22)19(14)23(35)36)26-20(33)17(16-4-3-9-40-16)27-25(37)39-10-13-5-7-15(38-2)8-6-13/h3-9,17-18,22H,10-12H2,1-2H3,(H,26,33)(H,27,37)(H,35,36)/t17?,18-,22?/m0/s1. The highest BCUT2D eigenvalue weighted by Crippen LogP contribution is 2.41. The molecule has 3 amide bonds. The zero-order valence-electron chi connectivity index (χ0n) is 22.3. The lowest BCUT2D eigenvalue weighted by Gasteiger charge is -2.49. The number of β-lactam (4-membered cyclic amide) rings is 1. The molecule has 0 saturated carbocycles. The third kappa shape index (κ3) is 6.22. The highest BCUT2D eigenvalue weighted by Gasteiger charge is 2.54. The molecule has 220 valence electrons. The summed E-state index contributed by atoms with van der Waals surface area (Å²) < 4.78 is 11.9. The monoisotopic (exact) mass is 631 g/mol.